The Morgan fingerprint density at radius 3 is 2.71 bits per heavy atom. The largest absolute Gasteiger partial charge is 0.507 e. The normalized spacial score (nSPS) is 10.2. The minimum Gasteiger partial charge on any atom is -0.507 e. The minimum atomic E-state index is 0.370. The zero-order valence-corrected chi connectivity index (χ0v) is 11.2. The highest BCUT2D eigenvalue weighted by atomic mass is 79.9. The monoisotopic (exact) mass is 291 g/mol. The van der Waals surface area contributed by atoms with Crippen molar-refractivity contribution in [2.24, 2.45) is 0 Å². The molecule has 0 radical (unpaired) electrons. The fraction of sp³-hybridized carbons (Fsp3) is 0.143. The molecule has 0 aliphatic rings. The van der Waals surface area contributed by atoms with E-state index in [2.05, 4.69) is 21.2 Å². The summed E-state index contributed by atoms with van der Waals surface area (Å²) in [5.41, 5.74) is 2.84. The summed E-state index contributed by atoms with van der Waals surface area (Å²) in [5, 5.41) is 13.2. The highest BCUT2D eigenvalue weighted by molar-refractivity contribution is 9.10. The first kappa shape index (κ1) is 12.0. The Hall–Kier alpha value is -1.48. The van der Waals surface area contributed by atoms with Crippen molar-refractivity contribution < 1.29 is 5.11 Å². The van der Waals surface area contributed by atoms with E-state index in [1.54, 1.807) is 0 Å². The van der Waals surface area contributed by atoms with E-state index < -0.39 is 0 Å². The van der Waals surface area contributed by atoms with Crippen molar-refractivity contribution in [3.05, 3.63) is 58.1 Å². The smallest absolute Gasteiger partial charge is 0.123 e. The van der Waals surface area contributed by atoms with E-state index in [0.717, 1.165) is 21.3 Å². The van der Waals surface area contributed by atoms with Crippen molar-refractivity contribution in [2.75, 3.05) is 5.32 Å². The predicted molar refractivity (Wildman–Crippen MR) is 74.3 cm³/mol. The number of halogens is 1. The second-order valence-corrected chi connectivity index (χ2v) is 4.86. The number of benzene rings is 2. The maximum atomic E-state index is 9.88. The van der Waals surface area contributed by atoms with E-state index in [1.807, 2.05) is 49.4 Å². The third kappa shape index (κ3) is 3.01. The quantitative estimate of drug-likeness (QED) is 0.893. The van der Waals surface area contributed by atoms with Gasteiger partial charge in [0, 0.05) is 22.3 Å². The zero-order valence-electron chi connectivity index (χ0n) is 9.57. The fourth-order valence-electron chi connectivity index (χ4n) is 1.66. The van der Waals surface area contributed by atoms with E-state index in [0.29, 0.717) is 12.3 Å². The third-order valence-corrected chi connectivity index (χ3v) is 3.12. The molecule has 17 heavy (non-hydrogen) atoms. The molecule has 3 heteroatoms. The van der Waals surface area contributed by atoms with Crippen LogP contribution >= 0.6 is 15.9 Å². The molecule has 2 rings (SSSR count). The van der Waals surface area contributed by atoms with E-state index in [9.17, 15) is 5.11 Å². The van der Waals surface area contributed by atoms with Crippen LogP contribution in [0, 0.1) is 6.92 Å². The summed E-state index contributed by atoms with van der Waals surface area (Å²) >= 11 is 3.43. The van der Waals surface area contributed by atoms with Crippen molar-refractivity contribution in [3.8, 4) is 5.75 Å². The molecule has 0 spiro atoms. The van der Waals surface area contributed by atoms with Gasteiger partial charge in [-0.25, -0.2) is 0 Å². The average molecular weight is 292 g/mol. The Kier molecular flexibility index (Phi) is 3.69. The number of phenolic OH excluding ortho intramolecular Hbond substituents is 1. The summed E-state index contributed by atoms with van der Waals surface area (Å²) in [6, 6.07) is 13.7. The van der Waals surface area contributed by atoms with Gasteiger partial charge in [-0.2, -0.15) is 0 Å². The van der Waals surface area contributed by atoms with Crippen molar-refractivity contribution in [2.45, 2.75) is 13.5 Å². The predicted octanol–water partition coefficient (Wildman–Crippen LogP) is 4.08. The molecule has 0 amide bonds. The molecule has 2 nitrogen and oxygen atoms in total. The molecule has 0 fully saturated rings. The van der Waals surface area contributed by atoms with E-state index in [4.69, 9.17) is 0 Å². The molecule has 0 bridgehead atoms. The Morgan fingerprint density at radius 1 is 1.18 bits per heavy atom. The molecule has 0 aromatic heterocycles. The minimum absolute atomic E-state index is 0.370. The molecule has 0 saturated heterocycles. The molecule has 2 aromatic carbocycles. The summed E-state index contributed by atoms with van der Waals surface area (Å²) in [6.45, 7) is 2.52. The summed E-state index contributed by atoms with van der Waals surface area (Å²) in [6.07, 6.45) is 0. The number of hydrogen-bond acceptors (Lipinski definition) is 2. The molecular formula is C14H14BrNO. The molecule has 0 heterocycles. The lowest BCUT2D eigenvalue weighted by atomic mass is 10.1. The Labute approximate surface area is 109 Å². The second kappa shape index (κ2) is 5.23. The molecule has 0 saturated carbocycles. The number of phenols is 1. The number of hydrogen-bond donors (Lipinski definition) is 2. The van der Waals surface area contributed by atoms with Crippen molar-refractivity contribution in [1.29, 1.82) is 0 Å². The number of aryl methyl sites for hydroxylation is 1. The number of anilines is 1. The second-order valence-electron chi connectivity index (χ2n) is 3.95. The average Bonchev–Trinajstić information content (AvgIpc) is 2.31. The van der Waals surface area contributed by atoms with Gasteiger partial charge in [0.1, 0.15) is 5.75 Å². The highest BCUT2D eigenvalue weighted by Crippen LogP contribution is 2.23. The number of rotatable bonds is 3. The van der Waals surface area contributed by atoms with Crippen LogP contribution < -0.4 is 5.32 Å². The lowest BCUT2D eigenvalue weighted by Gasteiger charge is -2.09. The van der Waals surface area contributed by atoms with E-state index in [-0.39, 0.29) is 0 Å². The topological polar surface area (TPSA) is 32.3 Å². The summed E-state index contributed by atoms with van der Waals surface area (Å²) in [5.74, 6) is 0.370. The molecular weight excluding hydrogens is 278 g/mol. The Balaban J connectivity index is 2.10. The molecule has 0 aliphatic carbocycles. The number of nitrogens with one attached hydrogen (secondary N) is 1. The van der Waals surface area contributed by atoms with Gasteiger partial charge in [0.25, 0.3) is 0 Å². The lowest BCUT2D eigenvalue weighted by Crippen LogP contribution is -2.00. The zero-order chi connectivity index (χ0) is 12.3. The first-order valence-electron chi connectivity index (χ1n) is 5.44. The Morgan fingerprint density at radius 2 is 1.94 bits per heavy atom. The standard InChI is InChI=1S/C14H14BrNO/c1-10-4-2-5-11(14(10)17)9-16-13-7-3-6-12(15)8-13/h2-8,16-17H,9H2,1H3. The molecule has 0 unspecified atom stereocenters. The molecule has 0 atom stereocenters. The van der Waals surface area contributed by atoms with E-state index in [1.165, 1.54) is 0 Å². The first-order chi connectivity index (χ1) is 8.16. The molecule has 2 N–H and O–H groups in total. The molecule has 88 valence electrons. The maximum absolute atomic E-state index is 9.88. The lowest BCUT2D eigenvalue weighted by molar-refractivity contribution is 0.465. The number of aromatic hydroxyl groups is 1. The van der Waals surface area contributed by atoms with Gasteiger partial charge in [-0.1, -0.05) is 40.2 Å². The van der Waals surface area contributed by atoms with Gasteiger partial charge < -0.3 is 10.4 Å². The molecule has 2 aromatic rings. The van der Waals surface area contributed by atoms with Gasteiger partial charge >= 0.3 is 0 Å². The number of para-hydroxylation sites is 1. The summed E-state index contributed by atoms with van der Waals surface area (Å²) < 4.78 is 1.04. The maximum Gasteiger partial charge on any atom is 0.123 e. The van der Waals surface area contributed by atoms with Crippen LogP contribution in [0.25, 0.3) is 0 Å². The van der Waals surface area contributed by atoms with Gasteiger partial charge in [-0.15, -0.1) is 0 Å². The van der Waals surface area contributed by atoms with Gasteiger partial charge in [-0.3, -0.25) is 0 Å². The van der Waals surface area contributed by atoms with Gasteiger partial charge in [0.15, 0.2) is 0 Å². The van der Waals surface area contributed by atoms with Crippen LogP contribution in [0.3, 0.4) is 0 Å². The van der Waals surface area contributed by atoms with Crippen LogP contribution in [0.5, 0.6) is 5.75 Å². The van der Waals surface area contributed by atoms with Crippen LogP contribution in [0.4, 0.5) is 5.69 Å². The molecule has 0 aliphatic heterocycles. The summed E-state index contributed by atoms with van der Waals surface area (Å²) in [7, 11) is 0. The third-order valence-electron chi connectivity index (χ3n) is 2.63. The van der Waals surface area contributed by atoms with Crippen LogP contribution in [0.15, 0.2) is 46.9 Å². The van der Waals surface area contributed by atoms with Crippen molar-refractivity contribution in [3.63, 3.8) is 0 Å². The van der Waals surface area contributed by atoms with Crippen LogP contribution in [-0.4, -0.2) is 5.11 Å². The fourth-order valence-corrected chi connectivity index (χ4v) is 2.06. The van der Waals surface area contributed by atoms with Crippen LogP contribution in [0.1, 0.15) is 11.1 Å². The summed E-state index contributed by atoms with van der Waals surface area (Å²) in [4.78, 5) is 0. The Bertz CT molecular complexity index is 525. The van der Waals surface area contributed by atoms with Gasteiger partial charge in [0.2, 0.25) is 0 Å². The van der Waals surface area contributed by atoms with Crippen molar-refractivity contribution in [1.82, 2.24) is 0 Å². The highest BCUT2D eigenvalue weighted by Gasteiger charge is 2.03. The SMILES string of the molecule is Cc1cccc(CNc2cccc(Br)c2)c1O. The van der Waals surface area contributed by atoms with Gasteiger partial charge in [-0.05, 0) is 30.7 Å². The van der Waals surface area contributed by atoms with Crippen molar-refractivity contribution >= 4 is 21.6 Å². The van der Waals surface area contributed by atoms with Crippen LogP contribution in [0.2, 0.25) is 0 Å². The van der Waals surface area contributed by atoms with Crippen LogP contribution in [-0.2, 0) is 6.54 Å². The first-order valence-corrected chi connectivity index (χ1v) is 6.23. The van der Waals surface area contributed by atoms with Gasteiger partial charge in [0.05, 0.1) is 0 Å². The van der Waals surface area contributed by atoms with E-state index >= 15 is 0 Å².